The highest BCUT2D eigenvalue weighted by molar-refractivity contribution is 7.18. The van der Waals surface area contributed by atoms with E-state index in [1.807, 2.05) is 6.92 Å². The van der Waals surface area contributed by atoms with E-state index in [2.05, 4.69) is 10.6 Å². The number of anilines is 1. The lowest BCUT2D eigenvalue weighted by atomic mass is 9.95. The number of esters is 2. The summed E-state index contributed by atoms with van der Waals surface area (Å²) in [5.41, 5.74) is 0.248. The Morgan fingerprint density at radius 1 is 1.08 bits per heavy atom. The molecule has 0 fully saturated rings. The molecule has 0 bridgehead atoms. The highest BCUT2D eigenvalue weighted by Gasteiger charge is 2.33. The van der Waals surface area contributed by atoms with Gasteiger partial charge in [-0.25, -0.2) is 14.0 Å². The Hall–Kier alpha value is -3.27. The first-order valence-corrected chi connectivity index (χ1v) is 12.8. The SMILES string of the molecule is CCC(C(=O)Nc1sc(C(=O)N[C@@H](C(=O)OC(C)(C)C)C(C)C)c(C)c1C(=O)OC)c1ccc(F)cc1. The third-order valence-corrected chi connectivity index (χ3v) is 6.80. The number of thiophene rings is 1. The predicted octanol–water partition coefficient (Wildman–Crippen LogP) is 5.21. The number of carbonyl (C=O) groups is 4. The van der Waals surface area contributed by atoms with Crippen LogP contribution in [0, 0.1) is 18.7 Å². The number of nitrogens with one attached hydrogen (secondary N) is 2. The average molecular weight is 535 g/mol. The van der Waals surface area contributed by atoms with Crippen LogP contribution in [-0.4, -0.2) is 42.5 Å². The molecule has 0 radical (unpaired) electrons. The van der Waals surface area contributed by atoms with Crippen LogP contribution >= 0.6 is 11.3 Å². The first-order valence-electron chi connectivity index (χ1n) is 12.0. The number of carbonyl (C=O) groups excluding carboxylic acids is 4. The van der Waals surface area contributed by atoms with Crippen molar-refractivity contribution < 1.29 is 33.0 Å². The Balaban J connectivity index is 2.39. The molecule has 1 aromatic heterocycles. The third kappa shape index (κ3) is 7.61. The molecule has 0 spiro atoms. The minimum Gasteiger partial charge on any atom is -0.465 e. The Bertz CT molecular complexity index is 1150. The molecule has 0 aliphatic heterocycles. The highest BCUT2D eigenvalue weighted by Crippen LogP contribution is 2.35. The Kier molecular flexibility index (Phi) is 9.97. The van der Waals surface area contributed by atoms with Crippen LogP contribution in [0.25, 0.3) is 0 Å². The van der Waals surface area contributed by atoms with Gasteiger partial charge in [0.2, 0.25) is 5.91 Å². The molecule has 2 N–H and O–H groups in total. The van der Waals surface area contributed by atoms with Crippen LogP contribution in [0.2, 0.25) is 0 Å². The van der Waals surface area contributed by atoms with E-state index in [9.17, 15) is 23.6 Å². The van der Waals surface area contributed by atoms with Crippen molar-refractivity contribution in [3.05, 3.63) is 51.7 Å². The van der Waals surface area contributed by atoms with Crippen LogP contribution in [0.1, 0.15) is 85.0 Å². The number of hydrogen-bond donors (Lipinski definition) is 2. The molecule has 37 heavy (non-hydrogen) atoms. The molecule has 0 aliphatic carbocycles. The van der Waals surface area contributed by atoms with Crippen molar-refractivity contribution in [3.63, 3.8) is 0 Å². The summed E-state index contributed by atoms with van der Waals surface area (Å²) in [5.74, 6) is -3.57. The van der Waals surface area contributed by atoms with Crippen LogP contribution in [0.4, 0.5) is 9.39 Å². The summed E-state index contributed by atoms with van der Waals surface area (Å²) in [4.78, 5) is 51.9. The molecule has 202 valence electrons. The quantitative estimate of drug-likeness (QED) is 0.427. The van der Waals surface area contributed by atoms with Crippen molar-refractivity contribution in [2.75, 3.05) is 12.4 Å². The fourth-order valence-electron chi connectivity index (χ4n) is 3.70. The van der Waals surface area contributed by atoms with Gasteiger partial charge in [0.05, 0.1) is 23.5 Å². The van der Waals surface area contributed by atoms with Crippen molar-refractivity contribution in [1.82, 2.24) is 5.32 Å². The molecule has 1 heterocycles. The van der Waals surface area contributed by atoms with Gasteiger partial charge in [0.1, 0.15) is 22.5 Å². The zero-order chi connectivity index (χ0) is 28.1. The number of benzene rings is 1. The molecule has 1 aromatic carbocycles. The van der Waals surface area contributed by atoms with Crippen molar-refractivity contribution >= 4 is 40.1 Å². The van der Waals surface area contributed by atoms with Crippen LogP contribution in [0.15, 0.2) is 24.3 Å². The standard InChI is InChI=1S/C27H35FN2O6S/c1-9-18(16-10-12-17(28)13-11-16)22(31)30-24-19(25(33)35-8)15(4)21(37-24)23(32)29-20(14(2)3)26(34)36-27(5,6)7/h10-14,18,20H,9H2,1-8H3,(H,29,32)(H,30,31)/t18?,20-/m1/s1. The van der Waals surface area contributed by atoms with E-state index >= 15 is 0 Å². The van der Waals surface area contributed by atoms with Crippen LogP contribution in [0.5, 0.6) is 0 Å². The lowest BCUT2D eigenvalue weighted by Gasteiger charge is -2.26. The van der Waals surface area contributed by atoms with Gasteiger partial charge >= 0.3 is 11.9 Å². The molecular weight excluding hydrogens is 499 g/mol. The molecule has 0 saturated carbocycles. The Labute approximate surface area is 220 Å². The van der Waals surface area contributed by atoms with Gasteiger partial charge in [-0.1, -0.05) is 32.9 Å². The van der Waals surface area contributed by atoms with Crippen LogP contribution in [-0.2, 0) is 19.1 Å². The summed E-state index contributed by atoms with van der Waals surface area (Å²) < 4.78 is 23.7. The van der Waals surface area contributed by atoms with Gasteiger partial charge in [0.25, 0.3) is 5.91 Å². The van der Waals surface area contributed by atoms with Gasteiger partial charge in [-0.05, 0) is 63.3 Å². The highest BCUT2D eigenvalue weighted by atomic mass is 32.1. The van der Waals surface area contributed by atoms with E-state index in [1.165, 1.54) is 31.4 Å². The van der Waals surface area contributed by atoms with E-state index < -0.39 is 47.1 Å². The Morgan fingerprint density at radius 2 is 1.68 bits per heavy atom. The third-order valence-electron chi connectivity index (χ3n) is 5.59. The van der Waals surface area contributed by atoms with E-state index in [1.54, 1.807) is 41.5 Å². The summed E-state index contributed by atoms with van der Waals surface area (Å²) in [6, 6.07) is 4.70. The number of rotatable bonds is 9. The first-order chi connectivity index (χ1) is 17.2. The number of halogens is 1. The zero-order valence-corrected chi connectivity index (χ0v) is 23.3. The second kappa shape index (κ2) is 12.3. The van der Waals surface area contributed by atoms with Gasteiger partial charge in [-0.2, -0.15) is 0 Å². The molecule has 2 rings (SSSR count). The lowest BCUT2D eigenvalue weighted by molar-refractivity contribution is -0.158. The van der Waals surface area contributed by atoms with E-state index in [-0.39, 0.29) is 21.4 Å². The van der Waals surface area contributed by atoms with E-state index in [4.69, 9.17) is 9.47 Å². The number of methoxy groups -OCH3 is 1. The maximum atomic E-state index is 13.4. The summed E-state index contributed by atoms with van der Waals surface area (Å²) in [7, 11) is 1.20. The smallest absolute Gasteiger partial charge is 0.341 e. The van der Waals surface area contributed by atoms with Crippen molar-refractivity contribution in [3.8, 4) is 0 Å². The van der Waals surface area contributed by atoms with Gasteiger partial charge in [0.15, 0.2) is 0 Å². The van der Waals surface area contributed by atoms with Gasteiger partial charge in [0, 0.05) is 0 Å². The van der Waals surface area contributed by atoms with Gasteiger partial charge < -0.3 is 20.1 Å². The molecule has 2 amide bonds. The maximum absolute atomic E-state index is 13.4. The van der Waals surface area contributed by atoms with Crippen LogP contribution in [0.3, 0.4) is 0 Å². The number of ether oxygens (including phenoxy) is 2. The molecule has 0 saturated heterocycles. The Morgan fingerprint density at radius 3 is 2.16 bits per heavy atom. The van der Waals surface area contributed by atoms with E-state index in [0.717, 1.165) is 11.3 Å². The summed E-state index contributed by atoms with van der Waals surface area (Å²) in [6.45, 7) is 12.2. The van der Waals surface area contributed by atoms with Crippen molar-refractivity contribution in [2.45, 2.75) is 72.4 Å². The molecule has 0 aliphatic rings. The monoisotopic (exact) mass is 534 g/mol. The minimum absolute atomic E-state index is 0.0540. The van der Waals surface area contributed by atoms with Crippen molar-refractivity contribution in [1.29, 1.82) is 0 Å². The summed E-state index contributed by atoms with van der Waals surface area (Å²) >= 11 is 0.913. The predicted molar refractivity (Wildman–Crippen MR) is 140 cm³/mol. The van der Waals surface area contributed by atoms with E-state index in [0.29, 0.717) is 17.5 Å². The minimum atomic E-state index is -0.921. The fraction of sp³-hybridized carbons (Fsp3) is 0.481. The molecule has 1 unspecified atom stereocenters. The van der Waals surface area contributed by atoms with Gasteiger partial charge in [-0.15, -0.1) is 11.3 Å². The number of hydrogen-bond acceptors (Lipinski definition) is 7. The second-order valence-corrected chi connectivity index (χ2v) is 11.0. The fourth-order valence-corrected chi connectivity index (χ4v) is 4.80. The molecule has 8 nitrogen and oxygen atoms in total. The normalized spacial score (nSPS) is 13.0. The number of amides is 2. The van der Waals surface area contributed by atoms with Crippen LogP contribution < -0.4 is 10.6 Å². The molecule has 10 heteroatoms. The maximum Gasteiger partial charge on any atom is 0.341 e. The average Bonchev–Trinajstić information content (AvgIpc) is 3.12. The topological polar surface area (TPSA) is 111 Å². The first kappa shape index (κ1) is 30.0. The van der Waals surface area contributed by atoms with Gasteiger partial charge in [-0.3, -0.25) is 9.59 Å². The second-order valence-electron chi connectivity index (χ2n) is 9.98. The van der Waals surface area contributed by atoms with Crippen molar-refractivity contribution in [2.24, 2.45) is 5.92 Å². The lowest BCUT2D eigenvalue weighted by Crippen LogP contribution is -2.47. The summed E-state index contributed by atoms with van der Waals surface area (Å²) in [6.07, 6.45) is 0.425. The largest absolute Gasteiger partial charge is 0.465 e. The molecular formula is C27H35FN2O6S. The summed E-state index contributed by atoms with van der Waals surface area (Å²) in [5, 5.41) is 5.61. The molecule has 2 aromatic rings. The zero-order valence-electron chi connectivity index (χ0n) is 22.5. The molecule has 2 atom stereocenters.